The van der Waals surface area contributed by atoms with E-state index in [-0.39, 0.29) is 17.9 Å². The van der Waals surface area contributed by atoms with Gasteiger partial charge in [-0.15, -0.1) is 0 Å². The van der Waals surface area contributed by atoms with E-state index >= 15 is 0 Å². The van der Waals surface area contributed by atoms with E-state index in [0.29, 0.717) is 19.7 Å². The van der Waals surface area contributed by atoms with Gasteiger partial charge in [0.25, 0.3) is 0 Å². The van der Waals surface area contributed by atoms with Crippen LogP contribution in [0.15, 0.2) is 18.2 Å². The summed E-state index contributed by atoms with van der Waals surface area (Å²) in [6.45, 7) is 5.95. The molecule has 2 aliphatic rings. The molecule has 1 aliphatic heterocycles. The smallest absolute Gasteiger partial charge is 0.228 e. The second-order valence-electron chi connectivity index (χ2n) is 6.61. The van der Waals surface area contributed by atoms with E-state index in [4.69, 9.17) is 4.74 Å². The van der Waals surface area contributed by atoms with Gasteiger partial charge in [0.05, 0.1) is 25.2 Å². The molecule has 1 amide bonds. The second kappa shape index (κ2) is 6.39. The van der Waals surface area contributed by atoms with Crippen LogP contribution in [0.25, 0.3) is 0 Å². The third-order valence-electron chi connectivity index (χ3n) is 4.95. The number of carbonyl (C=O) groups is 1. The summed E-state index contributed by atoms with van der Waals surface area (Å²) in [4.78, 5) is 14.5. The fourth-order valence-corrected chi connectivity index (χ4v) is 3.69. The molecule has 22 heavy (non-hydrogen) atoms. The highest BCUT2D eigenvalue weighted by atomic mass is 16.5. The molecule has 4 nitrogen and oxygen atoms in total. The van der Waals surface area contributed by atoms with E-state index in [1.54, 1.807) is 0 Å². The van der Waals surface area contributed by atoms with E-state index in [0.717, 1.165) is 24.8 Å². The number of aryl methyl sites for hydroxylation is 2. The summed E-state index contributed by atoms with van der Waals surface area (Å²) >= 11 is 0. The minimum atomic E-state index is -0.463. The van der Waals surface area contributed by atoms with Crippen LogP contribution in [0.2, 0.25) is 0 Å². The normalized spacial score (nSPS) is 28.9. The topological polar surface area (TPSA) is 49.8 Å². The highest BCUT2D eigenvalue weighted by molar-refractivity contribution is 5.80. The van der Waals surface area contributed by atoms with Crippen LogP contribution in [-0.2, 0) is 9.53 Å². The molecule has 3 unspecified atom stereocenters. The lowest BCUT2D eigenvalue weighted by Crippen LogP contribution is -2.46. The minimum Gasteiger partial charge on any atom is -0.392 e. The molecule has 0 spiro atoms. The van der Waals surface area contributed by atoms with E-state index in [1.165, 1.54) is 11.1 Å². The standard InChI is InChI=1S/C18H25NO3/c1-12-6-7-14(13(2)10-12)17-11-19(8-9-22-17)18(21)15-4-3-5-16(15)20/h6-7,10,15-17,20H,3-5,8-9,11H2,1-2H3. The molecule has 0 bridgehead atoms. The van der Waals surface area contributed by atoms with Gasteiger partial charge in [-0.1, -0.05) is 23.8 Å². The van der Waals surface area contributed by atoms with Crippen molar-refractivity contribution in [1.29, 1.82) is 0 Å². The van der Waals surface area contributed by atoms with Gasteiger partial charge in [-0.2, -0.15) is 0 Å². The molecule has 4 heteroatoms. The van der Waals surface area contributed by atoms with Gasteiger partial charge in [0.1, 0.15) is 6.10 Å². The van der Waals surface area contributed by atoms with Crippen molar-refractivity contribution in [2.24, 2.45) is 5.92 Å². The van der Waals surface area contributed by atoms with Gasteiger partial charge in [-0.25, -0.2) is 0 Å². The molecule has 0 radical (unpaired) electrons. The quantitative estimate of drug-likeness (QED) is 0.912. The van der Waals surface area contributed by atoms with Crippen LogP contribution in [0.4, 0.5) is 0 Å². The van der Waals surface area contributed by atoms with Crippen LogP contribution in [0.1, 0.15) is 42.1 Å². The first-order valence-electron chi connectivity index (χ1n) is 8.22. The Labute approximate surface area is 132 Å². The zero-order valence-corrected chi connectivity index (χ0v) is 13.4. The van der Waals surface area contributed by atoms with Crippen molar-refractivity contribution in [2.45, 2.75) is 45.3 Å². The molecule has 1 heterocycles. The third kappa shape index (κ3) is 3.03. The van der Waals surface area contributed by atoms with Crippen LogP contribution in [-0.4, -0.2) is 41.7 Å². The minimum absolute atomic E-state index is 0.0585. The van der Waals surface area contributed by atoms with Crippen molar-refractivity contribution in [1.82, 2.24) is 4.90 Å². The molecule has 0 aromatic heterocycles. The highest BCUT2D eigenvalue weighted by Crippen LogP contribution is 2.30. The molecule has 2 fully saturated rings. The Morgan fingerprint density at radius 3 is 2.82 bits per heavy atom. The summed E-state index contributed by atoms with van der Waals surface area (Å²) in [5.74, 6) is -0.110. The molecule has 120 valence electrons. The van der Waals surface area contributed by atoms with Crippen molar-refractivity contribution in [3.05, 3.63) is 34.9 Å². The van der Waals surface area contributed by atoms with Gasteiger partial charge in [-0.3, -0.25) is 4.79 Å². The second-order valence-corrected chi connectivity index (χ2v) is 6.61. The van der Waals surface area contributed by atoms with E-state index in [1.807, 2.05) is 4.90 Å². The number of rotatable bonds is 2. The lowest BCUT2D eigenvalue weighted by molar-refractivity contribution is -0.146. The Balaban J connectivity index is 1.72. The molecule has 1 aromatic carbocycles. The number of aliphatic hydroxyl groups is 1. The van der Waals surface area contributed by atoms with Crippen molar-refractivity contribution in [3.63, 3.8) is 0 Å². The van der Waals surface area contributed by atoms with Crippen molar-refractivity contribution in [3.8, 4) is 0 Å². The molecule has 1 saturated heterocycles. The molecule has 1 aliphatic carbocycles. The summed E-state index contributed by atoms with van der Waals surface area (Å²) in [6, 6.07) is 6.35. The monoisotopic (exact) mass is 303 g/mol. The van der Waals surface area contributed by atoms with E-state index in [2.05, 4.69) is 32.0 Å². The zero-order chi connectivity index (χ0) is 15.7. The number of hydrogen-bond acceptors (Lipinski definition) is 3. The number of aliphatic hydroxyl groups excluding tert-OH is 1. The van der Waals surface area contributed by atoms with Crippen molar-refractivity contribution >= 4 is 5.91 Å². The van der Waals surface area contributed by atoms with Gasteiger partial charge in [-0.05, 0) is 44.2 Å². The third-order valence-corrected chi connectivity index (χ3v) is 4.95. The molecule has 3 rings (SSSR count). The number of hydrogen-bond donors (Lipinski definition) is 1. The Kier molecular flexibility index (Phi) is 4.50. The first kappa shape index (κ1) is 15.5. The van der Waals surface area contributed by atoms with Crippen LogP contribution >= 0.6 is 0 Å². The predicted octanol–water partition coefficient (Wildman–Crippen LogP) is 2.36. The summed E-state index contributed by atoms with van der Waals surface area (Å²) in [5, 5.41) is 9.97. The van der Waals surface area contributed by atoms with Gasteiger partial charge in [0.15, 0.2) is 0 Å². The van der Waals surface area contributed by atoms with Gasteiger partial charge in [0, 0.05) is 6.54 Å². The zero-order valence-electron chi connectivity index (χ0n) is 13.4. The van der Waals surface area contributed by atoms with Crippen LogP contribution in [0.5, 0.6) is 0 Å². The van der Waals surface area contributed by atoms with E-state index in [9.17, 15) is 9.90 Å². The summed E-state index contributed by atoms with van der Waals surface area (Å²) in [6.07, 6.45) is 1.99. The Morgan fingerprint density at radius 2 is 2.14 bits per heavy atom. The number of benzene rings is 1. The average molecular weight is 303 g/mol. The highest BCUT2D eigenvalue weighted by Gasteiger charge is 2.36. The Bertz CT molecular complexity index is 557. The fourth-order valence-electron chi connectivity index (χ4n) is 3.69. The largest absolute Gasteiger partial charge is 0.392 e. The molecular formula is C18H25NO3. The maximum atomic E-state index is 12.6. The number of nitrogens with zero attached hydrogens (tertiary/aromatic N) is 1. The summed E-state index contributed by atoms with van der Waals surface area (Å²) in [5.41, 5.74) is 3.61. The Hall–Kier alpha value is -1.39. The van der Waals surface area contributed by atoms with Crippen LogP contribution in [0, 0.1) is 19.8 Å². The number of morpholine rings is 1. The van der Waals surface area contributed by atoms with Crippen molar-refractivity contribution < 1.29 is 14.6 Å². The average Bonchev–Trinajstić information content (AvgIpc) is 2.93. The first-order valence-corrected chi connectivity index (χ1v) is 8.22. The first-order chi connectivity index (χ1) is 10.6. The van der Waals surface area contributed by atoms with Gasteiger partial charge in [0.2, 0.25) is 5.91 Å². The molecule has 1 N–H and O–H groups in total. The van der Waals surface area contributed by atoms with Gasteiger partial charge < -0.3 is 14.7 Å². The van der Waals surface area contributed by atoms with Gasteiger partial charge >= 0.3 is 0 Å². The maximum absolute atomic E-state index is 12.6. The lowest BCUT2D eigenvalue weighted by atomic mass is 9.98. The van der Waals surface area contributed by atoms with Crippen LogP contribution < -0.4 is 0 Å². The summed E-state index contributed by atoms with van der Waals surface area (Å²) < 4.78 is 5.90. The molecule has 3 atom stereocenters. The van der Waals surface area contributed by atoms with Crippen LogP contribution in [0.3, 0.4) is 0 Å². The fraction of sp³-hybridized carbons (Fsp3) is 0.611. The SMILES string of the molecule is Cc1ccc(C2CN(C(=O)C3CCCC3O)CCO2)c(C)c1. The molecule has 1 saturated carbocycles. The molecule has 1 aromatic rings. The maximum Gasteiger partial charge on any atom is 0.228 e. The lowest BCUT2D eigenvalue weighted by Gasteiger charge is -2.35. The number of ether oxygens (including phenoxy) is 1. The van der Waals surface area contributed by atoms with Crippen molar-refractivity contribution in [2.75, 3.05) is 19.7 Å². The summed E-state index contributed by atoms with van der Waals surface area (Å²) in [7, 11) is 0. The Morgan fingerprint density at radius 1 is 1.32 bits per heavy atom. The molecular weight excluding hydrogens is 278 g/mol. The number of amides is 1. The van der Waals surface area contributed by atoms with E-state index < -0.39 is 6.10 Å². The number of carbonyl (C=O) groups excluding carboxylic acids is 1. The predicted molar refractivity (Wildman–Crippen MR) is 84.5 cm³/mol.